The minimum Gasteiger partial charge on any atom is -0.497 e. The molecule has 0 radical (unpaired) electrons. The van der Waals surface area contributed by atoms with Crippen molar-refractivity contribution < 1.29 is 4.74 Å². The number of hydrogen-bond acceptors (Lipinski definition) is 1. The van der Waals surface area contributed by atoms with E-state index >= 15 is 0 Å². The van der Waals surface area contributed by atoms with Crippen molar-refractivity contribution in [3.8, 4) is 5.75 Å². The van der Waals surface area contributed by atoms with E-state index in [2.05, 4.69) is 42.5 Å². The maximum atomic E-state index is 5.13. The fourth-order valence-corrected chi connectivity index (χ4v) is 1.60. The van der Waals surface area contributed by atoms with Crippen LogP contribution in [0.15, 0.2) is 54.6 Å². The number of allylic oxidation sites excluding steroid dienone is 6. The third-order valence-electron chi connectivity index (χ3n) is 2.45. The van der Waals surface area contributed by atoms with Crippen molar-refractivity contribution in [2.45, 2.75) is 6.42 Å². The first kappa shape index (κ1) is 9.78. The number of ether oxygens (including phenoxy) is 1. The molecule has 1 aliphatic carbocycles. The maximum absolute atomic E-state index is 5.13. The Bertz CT molecular complexity index is 407. The second kappa shape index (κ2) is 4.65. The molecule has 0 saturated heterocycles. The van der Waals surface area contributed by atoms with Crippen LogP contribution in [-0.4, -0.2) is 7.11 Å². The van der Waals surface area contributed by atoms with Crippen molar-refractivity contribution in [1.29, 1.82) is 0 Å². The molecule has 76 valence electrons. The van der Waals surface area contributed by atoms with Crippen molar-refractivity contribution in [1.82, 2.24) is 0 Å². The van der Waals surface area contributed by atoms with Gasteiger partial charge in [0, 0.05) is 0 Å². The summed E-state index contributed by atoms with van der Waals surface area (Å²) in [5, 5.41) is 0. The summed E-state index contributed by atoms with van der Waals surface area (Å²) in [4.78, 5) is 0. The Morgan fingerprint density at radius 1 is 1.00 bits per heavy atom. The molecule has 1 aromatic rings. The molecule has 0 bridgehead atoms. The molecule has 0 amide bonds. The normalized spacial score (nSPS) is 14.6. The lowest BCUT2D eigenvalue weighted by Gasteiger charge is -2.05. The first-order valence-corrected chi connectivity index (χ1v) is 5.07. The molecule has 0 atom stereocenters. The molecule has 15 heavy (non-hydrogen) atoms. The van der Waals surface area contributed by atoms with Gasteiger partial charge in [0.25, 0.3) is 0 Å². The van der Waals surface area contributed by atoms with Crippen LogP contribution in [0, 0.1) is 0 Å². The molecule has 1 nitrogen and oxygen atoms in total. The summed E-state index contributed by atoms with van der Waals surface area (Å²) in [6.07, 6.45) is 11.5. The van der Waals surface area contributed by atoms with Gasteiger partial charge in [-0.1, -0.05) is 42.5 Å². The van der Waals surface area contributed by atoms with E-state index in [0.717, 1.165) is 12.2 Å². The Kier molecular flexibility index (Phi) is 3.03. The highest BCUT2D eigenvalue weighted by molar-refractivity contribution is 5.69. The van der Waals surface area contributed by atoms with Gasteiger partial charge in [-0.3, -0.25) is 0 Å². The van der Waals surface area contributed by atoms with Crippen molar-refractivity contribution in [3.05, 3.63) is 60.2 Å². The van der Waals surface area contributed by atoms with Gasteiger partial charge in [0.1, 0.15) is 5.75 Å². The highest BCUT2D eigenvalue weighted by Gasteiger charge is 2.00. The number of rotatable bonds is 2. The molecule has 0 aromatic heterocycles. The second-order valence-electron chi connectivity index (χ2n) is 3.44. The molecular weight excluding hydrogens is 184 g/mol. The fourth-order valence-electron chi connectivity index (χ4n) is 1.60. The van der Waals surface area contributed by atoms with E-state index in [1.165, 1.54) is 11.1 Å². The minimum atomic E-state index is 0.902. The zero-order valence-corrected chi connectivity index (χ0v) is 8.81. The molecule has 0 unspecified atom stereocenters. The van der Waals surface area contributed by atoms with Crippen LogP contribution in [0.2, 0.25) is 0 Å². The van der Waals surface area contributed by atoms with Gasteiger partial charge in [-0.2, -0.15) is 0 Å². The first-order valence-electron chi connectivity index (χ1n) is 5.07. The van der Waals surface area contributed by atoms with Crippen molar-refractivity contribution >= 4 is 5.57 Å². The van der Waals surface area contributed by atoms with E-state index in [1.807, 2.05) is 12.1 Å². The van der Waals surface area contributed by atoms with Gasteiger partial charge in [-0.05, 0) is 29.7 Å². The molecule has 0 saturated carbocycles. The predicted molar refractivity (Wildman–Crippen MR) is 63.9 cm³/mol. The summed E-state index contributed by atoms with van der Waals surface area (Å²) in [5.74, 6) is 0.902. The van der Waals surface area contributed by atoms with Gasteiger partial charge in [-0.15, -0.1) is 0 Å². The van der Waals surface area contributed by atoms with Crippen molar-refractivity contribution in [2.75, 3.05) is 7.11 Å². The average Bonchev–Trinajstić information content (AvgIpc) is 2.58. The molecule has 1 heteroatoms. The van der Waals surface area contributed by atoms with E-state index in [9.17, 15) is 0 Å². The SMILES string of the molecule is COc1ccc(C2=CC=CC=CC2)cc1. The third-order valence-corrected chi connectivity index (χ3v) is 2.45. The van der Waals surface area contributed by atoms with Crippen LogP contribution in [0.5, 0.6) is 5.75 Å². The molecule has 0 fully saturated rings. The first-order chi connectivity index (χ1) is 7.40. The van der Waals surface area contributed by atoms with Gasteiger partial charge >= 0.3 is 0 Å². The largest absolute Gasteiger partial charge is 0.497 e. The third kappa shape index (κ3) is 2.38. The molecule has 0 N–H and O–H groups in total. The predicted octanol–water partition coefficient (Wildman–Crippen LogP) is 3.59. The number of hydrogen-bond donors (Lipinski definition) is 0. The standard InChI is InChI=1S/C14H14O/c1-15-14-10-8-13(9-11-14)12-6-4-2-3-5-7-12/h2-6,8-11H,7H2,1H3. The van der Waals surface area contributed by atoms with Gasteiger partial charge in [0.05, 0.1) is 7.11 Å². The molecule has 1 aliphatic rings. The van der Waals surface area contributed by atoms with E-state index < -0.39 is 0 Å². The van der Waals surface area contributed by atoms with Crippen LogP contribution < -0.4 is 4.74 Å². The molecule has 2 rings (SSSR count). The van der Waals surface area contributed by atoms with Gasteiger partial charge in [0.2, 0.25) is 0 Å². The molecule has 0 aliphatic heterocycles. The van der Waals surface area contributed by atoms with E-state index in [0.29, 0.717) is 0 Å². The summed E-state index contributed by atoms with van der Waals surface area (Å²) in [7, 11) is 1.69. The van der Waals surface area contributed by atoms with Gasteiger partial charge in [-0.25, -0.2) is 0 Å². The summed E-state index contributed by atoms with van der Waals surface area (Å²) in [6, 6.07) is 8.18. The number of benzene rings is 1. The Balaban J connectivity index is 2.25. The van der Waals surface area contributed by atoms with Gasteiger partial charge < -0.3 is 4.74 Å². The molecular formula is C14H14O. The smallest absolute Gasteiger partial charge is 0.118 e. The van der Waals surface area contributed by atoms with E-state index in [1.54, 1.807) is 7.11 Å². The van der Waals surface area contributed by atoms with Crippen LogP contribution >= 0.6 is 0 Å². The quantitative estimate of drug-likeness (QED) is 0.705. The second-order valence-corrected chi connectivity index (χ2v) is 3.44. The summed E-state index contributed by atoms with van der Waals surface area (Å²) in [6.45, 7) is 0. The molecule has 0 heterocycles. The summed E-state index contributed by atoms with van der Waals surface area (Å²) >= 11 is 0. The Labute approximate surface area is 90.4 Å². The lowest BCUT2D eigenvalue weighted by Crippen LogP contribution is -1.85. The minimum absolute atomic E-state index is 0.902. The fraction of sp³-hybridized carbons (Fsp3) is 0.143. The lowest BCUT2D eigenvalue weighted by molar-refractivity contribution is 0.415. The van der Waals surface area contributed by atoms with Crippen LogP contribution in [0.4, 0.5) is 0 Å². The zero-order valence-electron chi connectivity index (χ0n) is 8.81. The summed E-state index contributed by atoms with van der Waals surface area (Å²) in [5.41, 5.74) is 2.59. The van der Waals surface area contributed by atoms with Crippen molar-refractivity contribution in [3.63, 3.8) is 0 Å². The lowest BCUT2D eigenvalue weighted by atomic mass is 10.0. The molecule has 0 spiro atoms. The highest BCUT2D eigenvalue weighted by atomic mass is 16.5. The topological polar surface area (TPSA) is 9.23 Å². The van der Waals surface area contributed by atoms with Crippen LogP contribution in [0.3, 0.4) is 0 Å². The molecule has 1 aromatic carbocycles. The van der Waals surface area contributed by atoms with E-state index in [4.69, 9.17) is 4.74 Å². The van der Waals surface area contributed by atoms with Crippen LogP contribution in [-0.2, 0) is 0 Å². The van der Waals surface area contributed by atoms with Gasteiger partial charge in [0.15, 0.2) is 0 Å². The highest BCUT2D eigenvalue weighted by Crippen LogP contribution is 2.22. The zero-order chi connectivity index (χ0) is 10.5. The Hall–Kier alpha value is -1.76. The number of methoxy groups -OCH3 is 1. The maximum Gasteiger partial charge on any atom is 0.118 e. The summed E-state index contributed by atoms with van der Waals surface area (Å²) < 4.78 is 5.13. The monoisotopic (exact) mass is 198 g/mol. The Morgan fingerprint density at radius 2 is 1.80 bits per heavy atom. The van der Waals surface area contributed by atoms with Crippen LogP contribution in [0.1, 0.15) is 12.0 Å². The van der Waals surface area contributed by atoms with Crippen molar-refractivity contribution in [2.24, 2.45) is 0 Å². The van der Waals surface area contributed by atoms with Crippen LogP contribution in [0.25, 0.3) is 5.57 Å². The average molecular weight is 198 g/mol. The Morgan fingerprint density at radius 3 is 2.53 bits per heavy atom. The van der Waals surface area contributed by atoms with E-state index in [-0.39, 0.29) is 0 Å².